The van der Waals surface area contributed by atoms with E-state index in [4.69, 9.17) is 5.26 Å². The van der Waals surface area contributed by atoms with Crippen molar-refractivity contribution in [1.29, 1.82) is 5.26 Å². The maximum absolute atomic E-state index is 13.5. The van der Waals surface area contributed by atoms with Gasteiger partial charge in [-0.2, -0.15) is 5.26 Å². The SMILES string of the molecule is N#C/C(=C/NCCc1ccccc1F)C(=O)NCCN1CCNCC1. The van der Waals surface area contributed by atoms with Crippen LogP contribution in [0.25, 0.3) is 0 Å². The molecule has 1 saturated heterocycles. The second-order valence-corrected chi connectivity index (χ2v) is 5.81. The highest BCUT2D eigenvalue weighted by molar-refractivity contribution is 5.97. The van der Waals surface area contributed by atoms with Crippen molar-refractivity contribution in [1.82, 2.24) is 20.9 Å². The second-order valence-electron chi connectivity index (χ2n) is 5.81. The largest absolute Gasteiger partial charge is 0.389 e. The number of amides is 1. The molecular formula is C18H24FN5O. The number of hydrogen-bond donors (Lipinski definition) is 3. The number of nitrogens with one attached hydrogen (secondary N) is 3. The van der Waals surface area contributed by atoms with E-state index in [9.17, 15) is 9.18 Å². The summed E-state index contributed by atoms with van der Waals surface area (Å²) in [4.78, 5) is 14.3. The molecule has 0 saturated carbocycles. The molecule has 1 aromatic rings. The van der Waals surface area contributed by atoms with E-state index < -0.39 is 5.91 Å². The molecule has 0 aromatic heterocycles. The van der Waals surface area contributed by atoms with Gasteiger partial charge in [-0.05, 0) is 18.1 Å². The number of benzene rings is 1. The number of hydrogen-bond acceptors (Lipinski definition) is 5. The quantitative estimate of drug-likeness (QED) is 0.361. The molecule has 7 heteroatoms. The fourth-order valence-corrected chi connectivity index (χ4v) is 2.59. The van der Waals surface area contributed by atoms with E-state index in [1.165, 1.54) is 12.3 Å². The Bertz CT molecular complexity index is 635. The number of carbonyl (C=O) groups is 1. The van der Waals surface area contributed by atoms with Crippen molar-refractivity contribution in [3.8, 4) is 6.07 Å². The average Bonchev–Trinajstić information content (AvgIpc) is 2.64. The Morgan fingerprint density at radius 3 is 2.80 bits per heavy atom. The molecule has 2 rings (SSSR count). The minimum Gasteiger partial charge on any atom is -0.389 e. The van der Waals surface area contributed by atoms with Gasteiger partial charge < -0.3 is 16.0 Å². The molecule has 6 nitrogen and oxygen atoms in total. The summed E-state index contributed by atoms with van der Waals surface area (Å²) < 4.78 is 13.5. The number of carbonyl (C=O) groups excluding carboxylic acids is 1. The lowest BCUT2D eigenvalue weighted by atomic mass is 10.1. The third kappa shape index (κ3) is 6.53. The van der Waals surface area contributed by atoms with Gasteiger partial charge >= 0.3 is 0 Å². The summed E-state index contributed by atoms with van der Waals surface area (Å²) in [7, 11) is 0. The number of halogens is 1. The monoisotopic (exact) mass is 345 g/mol. The van der Waals surface area contributed by atoms with E-state index in [2.05, 4.69) is 20.9 Å². The molecule has 0 spiro atoms. The van der Waals surface area contributed by atoms with Gasteiger partial charge in [0.05, 0.1) is 0 Å². The first-order valence-corrected chi connectivity index (χ1v) is 8.49. The predicted octanol–water partition coefficient (Wildman–Crippen LogP) is 0.387. The maximum Gasteiger partial charge on any atom is 0.263 e. The van der Waals surface area contributed by atoms with E-state index in [1.807, 2.05) is 6.07 Å². The van der Waals surface area contributed by atoms with Crippen LogP contribution in [-0.2, 0) is 11.2 Å². The van der Waals surface area contributed by atoms with Crippen LogP contribution in [0.15, 0.2) is 36.0 Å². The Labute approximate surface area is 147 Å². The molecule has 0 unspecified atom stereocenters. The summed E-state index contributed by atoms with van der Waals surface area (Å²) in [6, 6.07) is 8.44. The van der Waals surface area contributed by atoms with Crippen LogP contribution in [0.4, 0.5) is 4.39 Å². The Balaban J connectivity index is 1.70. The molecule has 0 atom stereocenters. The van der Waals surface area contributed by atoms with E-state index >= 15 is 0 Å². The lowest BCUT2D eigenvalue weighted by molar-refractivity contribution is -0.117. The highest BCUT2D eigenvalue weighted by Gasteiger charge is 2.11. The summed E-state index contributed by atoms with van der Waals surface area (Å²) in [6.45, 7) is 5.58. The van der Waals surface area contributed by atoms with Crippen LogP contribution < -0.4 is 16.0 Å². The standard InChI is InChI=1S/C18H24FN5O/c19-17-4-2-1-3-15(17)5-6-22-14-16(13-20)18(25)23-9-12-24-10-7-21-8-11-24/h1-4,14,21-22H,5-12H2,(H,23,25)/b16-14-. The summed E-state index contributed by atoms with van der Waals surface area (Å²) in [5.74, 6) is -0.643. The fraction of sp³-hybridized carbons (Fsp3) is 0.444. The summed E-state index contributed by atoms with van der Waals surface area (Å²) >= 11 is 0. The van der Waals surface area contributed by atoms with E-state index in [-0.39, 0.29) is 11.4 Å². The molecule has 134 valence electrons. The number of rotatable bonds is 8. The third-order valence-electron chi connectivity index (χ3n) is 4.03. The van der Waals surface area contributed by atoms with Gasteiger partial charge in [-0.15, -0.1) is 0 Å². The first kappa shape index (κ1) is 18.9. The van der Waals surface area contributed by atoms with Gasteiger partial charge in [0.25, 0.3) is 5.91 Å². The van der Waals surface area contributed by atoms with Gasteiger partial charge in [0.15, 0.2) is 0 Å². The van der Waals surface area contributed by atoms with Crippen LogP contribution in [0.2, 0.25) is 0 Å². The first-order valence-electron chi connectivity index (χ1n) is 8.49. The Morgan fingerprint density at radius 1 is 1.32 bits per heavy atom. The van der Waals surface area contributed by atoms with Crippen LogP contribution in [0.3, 0.4) is 0 Å². The van der Waals surface area contributed by atoms with Gasteiger partial charge in [-0.3, -0.25) is 9.69 Å². The molecule has 1 aromatic carbocycles. The van der Waals surface area contributed by atoms with Gasteiger partial charge in [0.2, 0.25) is 0 Å². The molecule has 1 heterocycles. The molecule has 1 aliphatic rings. The fourth-order valence-electron chi connectivity index (χ4n) is 2.59. The molecule has 1 fully saturated rings. The molecule has 1 amide bonds. The molecular weight excluding hydrogens is 321 g/mol. The highest BCUT2D eigenvalue weighted by atomic mass is 19.1. The van der Waals surface area contributed by atoms with Crippen molar-refractivity contribution in [3.63, 3.8) is 0 Å². The van der Waals surface area contributed by atoms with Gasteiger partial charge in [0, 0.05) is 52.0 Å². The predicted molar refractivity (Wildman–Crippen MR) is 94.1 cm³/mol. The normalized spacial score (nSPS) is 15.4. The third-order valence-corrected chi connectivity index (χ3v) is 4.03. The summed E-state index contributed by atoms with van der Waals surface area (Å²) in [5.41, 5.74) is 0.622. The number of nitriles is 1. The maximum atomic E-state index is 13.5. The van der Waals surface area contributed by atoms with Crippen molar-refractivity contribution >= 4 is 5.91 Å². The summed E-state index contributed by atoms with van der Waals surface area (Å²) in [6.07, 6.45) is 1.87. The van der Waals surface area contributed by atoms with Crippen molar-refractivity contribution < 1.29 is 9.18 Å². The first-order chi connectivity index (χ1) is 12.2. The molecule has 3 N–H and O–H groups in total. The van der Waals surface area contributed by atoms with Crippen LogP contribution >= 0.6 is 0 Å². The minimum absolute atomic E-state index is 0.0221. The smallest absolute Gasteiger partial charge is 0.263 e. The van der Waals surface area contributed by atoms with Gasteiger partial charge in [-0.25, -0.2) is 4.39 Å². The van der Waals surface area contributed by atoms with E-state index in [0.29, 0.717) is 25.1 Å². The van der Waals surface area contributed by atoms with Crippen LogP contribution in [0.1, 0.15) is 5.56 Å². The highest BCUT2D eigenvalue weighted by Crippen LogP contribution is 2.06. The van der Waals surface area contributed by atoms with Crippen molar-refractivity contribution in [2.75, 3.05) is 45.8 Å². The zero-order chi connectivity index (χ0) is 17.9. The van der Waals surface area contributed by atoms with Crippen LogP contribution in [-0.4, -0.2) is 56.6 Å². The zero-order valence-electron chi connectivity index (χ0n) is 14.2. The van der Waals surface area contributed by atoms with E-state index in [0.717, 1.165) is 32.7 Å². The topological polar surface area (TPSA) is 80.2 Å². The van der Waals surface area contributed by atoms with Crippen molar-refractivity contribution in [2.24, 2.45) is 0 Å². The molecule has 25 heavy (non-hydrogen) atoms. The molecule has 0 bridgehead atoms. The Kier molecular flexibility index (Phi) is 7.89. The second kappa shape index (κ2) is 10.4. The Morgan fingerprint density at radius 2 is 2.08 bits per heavy atom. The molecule has 1 aliphatic heterocycles. The molecule has 0 radical (unpaired) electrons. The molecule has 0 aliphatic carbocycles. The van der Waals surface area contributed by atoms with E-state index in [1.54, 1.807) is 18.2 Å². The van der Waals surface area contributed by atoms with Gasteiger partial charge in [-0.1, -0.05) is 18.2 Å². The minimum atomic E-state index is -0.393. The zero-order valence-corrected chi connectivity index (χ0v) is 14.2. The number of nitrogens with zero attached hydrogens (tertiary/aromatic N) is 2. The number of piperazine rings is 1. The van der Waals surface area contributed by atoms with Crippen molar-refractivity contribution in [2.45, 2.75) is 6.42 Å². The van der Waals surface area contributed by atoms with Gasteiger partial charge in [0.1, 0.15) is 17.5 Å². The Hall–Kier alpha value is -2.43. The van der Waals surface area contributed by atoms with Crippen LogP contribution in [0.5, 0.6) is 0 Å². The lowest BCUT2D eigenvalue weighted by Gasteiger charge is -2.27. The lowest BCUT2D eigenvalue weighted by Crippen LogP contribution is -2.46. The van der Waals surface area contributed by atoms with Crippen molar-refractivity contribution in [3.05, 3.63) is 47.4 Å². The summed E-state index contributed by atoms with van der Waals surface area (Å²) in [5, 5.41) is 18.0. The average molecular weight is 345 g/mol. The van der Waals surface area contributed by atoms with Crippen LogP contribution in [0, 0.1) is 17.1 Å².